The summed E-state index contributed by atoms with van der Waals surface area (Å²) in [6.45, 7) is 2.02. The van der Waals surface area contributed by atoms with Gasteiger partial charge in [0.2, 0.25) is 0 Å². The van der Waals surface area contributed by atoms with Crippen LogP contribution in [0.3, 0.4) is 0 Å². The first kappa shape index (κ1) is 10.8. The van der Waals surface area contributed by atoms with Crippen molar-refractivity contribution in [3.63, 3.8) is 0 Å². The monoisotopic (exact) mass is 258 g/mol. The maximum absolute atomic E-state index is 12.4. The molecule has 3 aromatic rings. The van der Waals surface area contributed by atoms with Crippen molar-refractivity contribution < 1.29 is 0 Å². The van der Waals surface area contributed by atoms with Crippen molar-refractivity contribution in [3.8, 4) is 0 Å². The molecule has 0 aliphatic carbocycles. The molecule has 84 valence electrons. The minimum Gasteiger partial charge on any atom is -0.289 e. The van der Waals surface area contributed by atoms with Gasteiger partial charge in [-0.2, -0.15) is 0 Å². The molecule has 17 heavy (non-hydrogen) atoms. The van der Waals surface area contributed by atoms with Crippen LogP contribution in [0.25, 0.3) is 20.2 Å². The number of aryl methyl sites for hydroxylation is 1. The second kappa shape index (κ2) is 3.86. The molecule has 0 amide bonds. The Morgan fingerprint density at radius 1 is 1.12 bits per heavy atom. The molecule has 0 aliphatic heterocycles. The third kappa shape index (κ3) is 1.66. The fourth-order valence-corrected chi connectivity index (χ4v) is 3.50. The Hall–Kier alpha value is -1.32. The fraction of sp³-hybridized carbons (Fsp3) is 0.0714. The van der Waals surface area contributed by atoms with Crippen LogP contribution in [-0.4, -0.2) is 0 Å². The first-order valence-corrected chi connectivity index (χ1v) is 6.58. The molecule has 0 aliphatic rings. The lowest BCUT2D eigenvalue weighted by atomic mass is 10.1. The van der Waals surface area contributed by atoms with Gasteiger partial charge in [0.05, 0.1) is 0 Å². The zero-order chi connectivity index (χ0) is 12.0. The zero-order valence-electron chi connectivity index (χ0n) is 9.23. The number of fused-ring (bicyclic) bond motifs is 2. The Morgan fingerprint density at radius 2 is 1.88 bits per heavy atom. The fourth-order valence-electron chi connectivity index (χ4n) is 2.06. The van der Waals surface area contributed by atoms with Crippen LogP contribution in [-0.2, 0) is 0 Å². The highest BCUT2D eigenvalue weighted by atomic mass is 32.1. The van der Waals surface area contributed by atoms with Crippen LogP contribution in [0.15, 0.2) is 46.1 Å². The van der Waals surface area contributed by atoms with Crippen LogP contribution >= 0.6 is 24.0 Å². The number of benzene rings is 2. The van der Waals surface area contributed by atoms with Gasteiger partial charge >= 0.3 is 0 Å². The number of hydrogen-bond acceptors (Lipinski definition) is 3. The van der Waals surface area contributed by atoms with Gasteiger partial charge in [-0.3, -0.25) is 4.79 Å². The van der Waals surface area contributed by atoms with E-state index < -0.39 is 0 Å². The standard InChI is InChI=1S/C14H10OS2/c1-8-6-9(16)7-11-13(15)10-4-2-3-5-12(10)17-14(8)11/h2-7,16H,1H3. The van der Waals surface area contributed by atoms with Crippen LogP contribution < -0.4 is 5.43 Å². The van der Waals surface area contributed by atoms with E-state index in [4.69, 9.17) is 0 Å². The van der Waals surface area contributed by atoms with E-state index in [1.165, 1.54) is 0 Å². The average molecular weight is 258 g/mol. The summed E-state index contributed by atoms with van der Waals surface area (Å²) in [5.74, 6) is 0. The highest BCUT2D eigenvalue weighted by Gasteiger charge is 2.07. The SMILES string of the molecule is Cc1cc(S)cc2c(=O)c3ccccc3sc12. The average Bonchev–Trinajstić information content (AvgIpc) is 2.31. The van der Waals surface area contributed by atoms with E-state index in [0.29, 0.717) is 0 Å². The summed E-state index contributed by atoms with van der Waals surface area (Å²) < 4.78 is 2.10. The van der Waals surface area contributed by atoms with Gasteiger partial charge in [-0.1, -0.05) is 12.1 Å². The highest BCUT2D eigenvalue weighted by Crippen LogP contribution is 2.28. The van der Waals surface area contributed by atoms with Crippen molar-refractivity contribution in [2.75, 3.05) is 0 Å². The summed E-state index contributed by atoms with van der Waals surface area (Å²) in [4.78, 5) is 13.2. The van der Waals surface area contributed by atoms with Crippen molar-refractivity contribution in [1.29, 1.82) is 0 Å². The third-order valence-electron chi connectivity index (χ3n) is 2.85. The van der Waals surface area contributed by atoms with E-state index in [1.807, 2.05) is 43.3 Å². The van der Waals surface area contributed by atoms with E-state index in [2.05, 4.69) is 12.6 Å². The lowest BCUT2D eigenvalue weighted by molar-refractivity contribution is 1.43. The Kier molecular flexibility index (Phi) is 2.45. The predicted octanol–water partition coefficient (Wildman–Crippen LogP) is 4.01. The summed E-state index contributed by atoms with van der Waals surface area (Å²) in [6.07, 6.45) is 0. The molecule has 1 nitrogen and oxygen atoms in total. The van der Waals surface area contributed by atoms with E-state index in [-0.39, 0.29) is 5.43 Å². The summed E-state index contributed by atoms with van der Waals surface area (Å²) in [5.41, 5.74) is 1.22. The third-order valence-corrected chi connectivity index (χ3v) is 4.43. The molecular formula is C14H10OS2. The number of hydrogen-bond donors (Lipinski definition) is 1. The minimum absolute atomic E-state index is 0.105. The lowest BCUT2D eigenvalue weighted by Gasteiger charge is -2.04. The molecule has 0 N–H and O–H groups in total. The molecule has 0 atom stereocenters. The van der Waals surface area contributed by atoms with Gasteiger partial charge in [0.1, 0.15) is 0 Å². The molecule has 1 aromatic heterocycles. The van der Waals surface area contributed by atoms with Gasteiger partial charge in [-0.15, -0.1) is 24.0 Å². The topological polar surface area (TPSA) is 17.1 Å². The van der Waals surface area contributed by atoms with Crippen molar-refractivity contribution in [3.05, 3.63) is 52.2 Å². The number of rotatable bonds is 0. The number of thiol groups is 1. The van der Waals surface area contributed by atoms with E-state index in [0.717, 1.165) is 30.6 Å². The lowest BCUT2D eigenvalue weighted by Crippen LogP contribution is -2.01. The maximum atomic E-state index is 12.4. The first-order valence-electron chi connectivity index (χ1n) is 5.32. The van der Waals surface area contributed by atoms with E-state index in [1.54, 1.807) is 11.3 Å². The van der Waals surface area contributed by atoms with Crippen LogP contribution in [0.1, 0.15) is 5.56 Å². The van der Waals surface area contributed by atoms with Crippen molar-refractivity contribution in [2.24, 2.45) is 0 Å². The minimum atomic E-state index is 0.105. The molecule has 0 saturated heterocycles. The predicted molar refractivity (Wildman–Crippen MR) is 77.6 cm³/mol. The van der Waals surface area contributed by atoms with Gasteiger partial charge in [-0.25, -0.2) is 0 Å². The normalized spacial score (nSPS) is 11.2. The summed E-state index contributed by atoms with van der Waals surface area (Å²) in [7, 11) is 0. The molecule has 1 heterocycles. The Bertz CT molecular complexity index is 787. The molecule has 3 heteroatoms. The van der Waals surface area contributed by atoms with Crippen LogP contribution in [0, 0.1) is 6.92 Å². The van der Waals surface area contributed by atoms with Gasteiger partial charge in [0.25, 0.3) is 0 Å². The van der Waals surface area contributed by atoms with Crippen molar-refractivity contribution in [1.82, 2.24) is 0 Å². The molecule has 0 unspecified atom stereocenters. The molecular weight excluding hydrogens is 248 g/mol. The Balaban J connectivity index is 2.64. The molecule has 3 rings (SSSR count). The molecule has 0 spiro atoms. The van der Waals surface area contributed by atoms with Gasteiger partial charge in [0.15, 0.2) is 5.43 Å². The van der Waals surface area contributed by atoms with Crippen molar-refractivity contribution in [2.45, 2.75) is 11.8 Å². The quantitative estimate of drug-likeness (QED) is 0.476. The smallest absolute Gasteiger partial charge is 0.195 e. The Morgan fingerprint density at radius 3 is 2.71 bits per heavy atom. The zero-order valence-corrected chi connectivity index (χ0v) is 10.9. The van der Waals surface area contributed by atoms with Crippen LogP contribution in [0.5, 0.6) is 0 Å². The second-order valence-corrected chi connectivity index (χ2v) is 5.64. The van der Waals surface area contributed by atoms with Crippen LogP contribution in [0.2, 0.25) is 0 Å². The van der Waals surface area contributed by atoms with Gasteiger partial charge < -0.3 is 0 Å². The van der Waals surface area contributed by atoms with E-state index >= 15 is 0 Å². The summed E-state index contributed by atoms with van der Waals surface area (Å²) >= 11 is 6.00. The van der Waals surface area contributed by atoms with Gasteiger partial charge in [-0.05, 0) is 36.8 Å². The Labute approximate surface area is 108 Å². The largest absolute Gasteiger partial charge is 0.289 e. The maximum Gasteiger partial charge on any atom is 0.195 e. The summed E-state index contributed by atoms with van der Waals surface area (Å²) in [6, 6.07) is 11.6. The molecule has 0 fully saturated rings. The molecule has 0 radical (unpaired) electrons. The van der Waals surface area contributed by atoms with Crippen LogP contribution in [0.4, 0.5) is 0 Å². The molecule has 0 bridgehead atoms. The van der Waals surface area contributed by atoms with E-state index in [9.17, 15) is 4.79 Å². The van der Waals surface area contributed by atoms with Crippen molar-refractivity contribution >= 4 is 44.1 Å². The van der Waals surface area contributed by atoms with Gasteiger partial charge in [0, 0.05) is 25.1 Å². The second-order valence-electron chi connectivity index (χ2n) is 4.07. The molecule has 0 saturated carbocycles. The first-order chi connectivity index (χ1) is 8.16. The highest BCUT2D eigenvalue weighted by molar-refractivity contribution is 7.80. The molecule has 2 aromatic carbocycles. The summed E-state index contributed by atoms with van der Waals surface area (Å²) in [5, 5.41) is 1.57.